The Balaban J connectivity index is 2.19. The van der Waals surface area contributed by atoms with E-state index >= 15 is 0 Å². The van der Waals surface area contributed by atoms with E-state index < -0.39 is 10.0 Å². The number of nitrogens with one attached hydrogen (secondary N) is 2. The Kier molecular flexibility index (Phi) is 4.19. The second kappa shape index (κ2) is 5.50. The fourth-order valence-electron chi connectivity index (χ4n) is 2.05. The quantitative estimate of drug-likeness (QED) is 0.865. The maximum absolute atomic E-state index is 12.2. The summed E-state index contributed by atoms with van der Waals surface area (Å²) in [5, 5.41) is 3.19. The van der Waals surface area contributed by atoms with Gasteiger partial charge >= 0.3 is 0 Å². The van der Waals surface area contributed by atoms with Gasteiger partial charge in [0.05, 0.1) is 4.90 Å². The number of thioether (sulfide) groups is 1. The first kappa shape index (κ1) is 13.7. The van der Waals surface area contributed by atoms with Crippen molar-refractivity contribution in [2.45, 2.75) is 24.3 Å². The fraction of sp³-hybridized carbons (Fsp3) is 0.500. The number of sulfonamides is 1. The van der Waals surface area contributed by atoms with Crippen LogP contribution < -0.4 is 10.0 Å². The lowest BCUT2D eigenvalue weighted by atomic mass is 10.2. The first-order valence-electron chi connectivity index (χ1n) is 5.91. The van der Waals surface area contributed by atoms with Gasteiger partial charge in [-0.05, 0) is 37.3 Å². The zero-order valence-corrected chi connectivity index (χ0v) is 12.2. The van der Waals surface area contributed by atoms with E-state index in [4.69, 9.17) is 0 Å². The maximum atomic E-state index is 12.2. The number of anilines is 1. The number of benzene rings is 1. The average Bonchev–Trinajstić information content (AvgIpc) is 2.75. The monoisotopic (exact) mass is 286 g/mol. The van der Waals surface area contributed by atoms with Crippen LogP contribution in [-0.4, -0.2) is 33.0 Å². The third kappa shape index (κ3) is 2.99. The number of hydrogen-bond donors (Lipinski definition) is 2. The minimum atomic E-state index is -3.41. The molecular weight excluding hydrogens is 268 g/mol. The molecule has 0 aliphatic carbocycles. The highest BCUT2D eigenvalue weighted by Gasteiger charge is 2.19. The van der Waals surface area contributed by atoms with Gasteiger partial charge in [0.2, 0.25) is 10.0 Å². The normalized spacial score (nSPS) is 16.1. The molecule has 100 valence electrons. The van der Waals surface area contributed by atoms with Gasteiger partial charge in [0.25, 0.3) is 0 Å². The van der Waals surface area contributed by atoms with Gasteiger partial charge in [0, 0.05) is 24.0 Å². The van der Waals surface area contributed by atoms with Crippen molar-refractivity contribution in [2.24, 2.45) is 0 Å². The third-order valence-electron chi connectivity index (χ3n) is 2.87. The first-order valence-corrected chi connectivity index (χ1v) is 8.78. The summed E-state index contributed by atoms with van der Waals surface area (Å²) in [5.74, 6) is 0.766. The molecule has 0 saturated heterocycles. The largest absolute Gasteiger partial charge is 0.384 e. The van der Waals surface area contributed by atoms with E-state index in [1.165, 1.54) is 5.56 Å². The predicted octanol–water partition coefficient (Wildman–Crippen LogP) is 1.68. The number of fused-ring (bicyclic) bond motifs is 1. The van der Waals surface area contributed by atoms with Gasteiger partial charge in [0.1, 0.15) is 0 Å². The van der Waals surface area contributed by atoms with Crippen LogP contribution in [0.5, 0.6) is 0 Å². The molecular formula is C12H18N2O2S2. The van der Waals surface area contributed by atoms with E-state index in [1.54, 1.807) is 23.9 Å². The van der Waals surface area contributed by atoms with Gasteiger partial charge in [-0.25, -0.2) is 13.1 Å². The van der Waals surface area contributed by atoms with Crippen molar-refractivity contribution >= 4 is 27.5 Å². The molecule has 1 aliphatic heterocycles. The van der Waals surface area contributed by atoms with Gasteiger partial charge in [0.15, 0.2) is 0 Å². The van der Waals surface area contributed by atoms with Crippen molar-refractivity contribution in [3.05, 3.63) is 23.8 Å². The van der Waals surface area contributed by atoms with Gasteiger partial charge < -0.3 is 5.32 Å². The summed E-state index contributed by atoms with van der Waals surface area (Å²) in [4.78, 5) is 0.337. The summed E-state index contributed by atoms with van der Waals surface area (Å²) in [6, 6.07) is 5.23. The number of rotatable bonds is 5. The van der Waals surface area contributed by atoms with Crippen LogP contribution in [0.2, 0.25) is 0 Å². The van der Waals surface area contributed by atoms with Crippen LogP contribution >= 0.6 is 11.8 Å². The summed E-state index contributed by atoms with van der Waals surface area (Å²) >= 11 is 1.63. The molecule has 1 aromatic rings. The molecule has 0 aromatic heterocycles. The molecule has 0 radical (unpaired) electrons. The van der Waals surface area contributed by atoms with Gasteiger partial charge in [-0.3, -0.25) is 0 Å². The molecule has 4 nitrogen and oxygen atoms in total. The zero-order chi connectivity index (χ0) is 13.2. The molecule has 1 unspecified atom stereocenters. The molecule has 1 heterocycles. The molecule has 1 aromatic carbocycles. The Hall–Kier alpha value is -0.720. The lowest BCUT2D eigenvalue weighted by Crippen LogP contribution is -2.34. The molecule has 0 fully saturated rings. The first-order chi connectivity index (χ1) is 8.53. The van der Waals surface area contributed by atoms with E-state index in [1.807, 2.05) is 19.2 Å². The van der Waals surface area contributed by atoms with Crippen LogP contribution in [-0.2, 0) is 16.4 Å². The molecule has 18 heavy (non-hydrogen) atoms. The highest BCUT2D eigenvalue weighted by molar-refractivity contribution is 7.98. The van der Waals surface area contributed by atoms with Crippen LogP contribution in [0.1, 0.15) is 12.5 Å². The molecule has 6 heteroatoms. The highest BCUT2D eigenvalue weighted by atomic mass is 32.2. The lowest BCUT2D eigenvalue weighted by molar-refractivity contribution is 0.571. The van der Waals surface area contributed by atoms with Crippen molar-refractivity contribution < 1.29 is 8.42 Å². The van der Waals surface area contributed by atoms with E-state index in [0.717, 1.165) is 24.4 Å². The minimum Gasteiger partial charge on any atom is -0.384 e. The summed E-state index contributed by atoms with van der Waals surface area (Å²) < 4.78 is 27.0. The molecule has 1 atom stereocenters. The predicted molar refractivity (Wildman–Crippen MR) is 76.8 cm³/mol. The topological polar surface area (TPSA) is 58.2 Å². The standard InChI is InChI=1S/C12H18N2O2S2/c1-9(8-17-2)14-18(15,16)11-4-3-10-5-6-13-12(10)7-11/h3-4,7,9,13-14H,5-6,8H2,1-2H3. The Bertz CT molecular complexity index is 529. The molecule has 0 bridgehead atoms. The zero-order valence-electron chi connectivity index (χ0n) is 10.6. The van der Waals surface area contributed by atoms with Crippen molar-refractivity contribution in [1.82, 2.24) is 4.72 Å². The van der Waals surface area contributed by atoms with Crippen LogP contribution in [0.15, 0.2) is 23.1 Å². The van der Waals surface area contributed by atoms with Gasteiger partial charge in [-0.1, -0.05) is 6.07 Å². The Morgan fingerprint density at radius 2 is 2.28 bits per heavy atom. The molecule has 0 saturated carbocycles. The van der Waals surface area contributed by atoms with Crippen molar-refractivity contribution in [2.75, 3.05) is 23.9 Å². The van der Waals surface area contributed by atoms with Gasteiger partial charge in [-0.2, -0.15) is 11.8 Å². The highest BCUT2D eigenvalue weighted by Crippen LogP contribution is 2.25. The Labute approximate surface area is 113 Å². The molecule has 1 aliphatic rings. The Morgan fingerprint density at radius 3 is 3.00 bits per heavy atom. The fourth-order valence-corrected chi connectivity index (χ4v) is 4.01. The minimum absolute atomic E-state index is 0.0637. The molecule has 0 spiro atoms. The third-order valence-corrected chi connectivity index (χ3v) is 5.29. The summed E-state index contributed by atoms with van der Waals surface area (Å²) in [6.07, 6.45) is 2.93. The van der Waals surface area contributed by atoms with Crippen LogP contribution in [0.25, 0.3) is 0 Å². The summed E-state index contributed by atoms with van der Waals surface area (Å²) in [5.41, 5.74) is 2.13. The summed E-state index contributed by atoms with van der Waals surface area (Å²) in [6.45, 7) is 2.76. The lowest BCUT2D eigenvalue weighted by Gasteiger charge is -2.13. The second-order valence-corrected chi connectivity index (χ2v) is 7.10. The van der Waals surface area contributed by atoms with E-state index in [9.17, 15) is 8.42 Å². The van der Waals surface area contributed by atoms with Gasteiger partial charge in [-0.15, -0.1) is 0 Å². The van der Waals surface area contributed by atoms with Crippen LogP contribution in [0, 0.1) is 0 Å². The van der Waals surface area contributed by atoms with Crippen molar-refractivity contribution in [3.8, 4) is 0 Å². The average molecular weight is 286 g/mol. The van der Waals surface area contributed by atoms with Crippen molar-refractivity contribution in [3.63, 3.8) is 0 Å². The van der Waals surface area contributed by atoms with E-state index in [-0.39, 0.29) is 6.04 Å². The van der Waals surface area contributed by atoms with E-state index in [2.05, 4.69) is 10.0 Å². The Morgan fingerprint density at radius 1 is 1.50 bits per heavy atom. The summed E-state index contributed by atoms with van der Waals surface area (Å²) in [7, 11) is -3.41. The van der Waals surface area contributed by atoms with E-state index in [0.29, 0.717) is 4.90 Å². The molecule has 2 rings (SSSR count). The van der Waals surface area contributed by atoms with Crippen molar-refractivity contribution in [1.29, 1.82) is 0 Å². The smallest absolute Gasteiger partial charge is 0.240 e. The SMILES string of the molecule is CSCC(C)NS(=O)(=O)c1ccc2c(c1)NCC2. The number of hydrogen-bond acceptors (Lipinski definition) is 4. The molecule has 0 amide bonds. The van der Waals surface area contributed by atoms with Crippen LogP contribution in [0.3, 0.4) is 0 Å². The molecule has 2 N–H and O–H groups in total. The van der Waals surface area contributed by atoms with Crippen LogP contribution in [0.4, 0.5) is 5.69 Å². The maximum Gasteiger partial charge on any atom is 0.240 e. The second-order valence-electron chi connectivity index (χ2n) is 4.47.